The van der Waals surface area contributed by atoms with Crippen molar-refractivity contribution in [2.75, 3.05) is 59.8 Å². The van der Waals surface area contributed by atoms with Gasteiger partial charge in [0.2, 0.25) is 17.8 Å². The Labute approximate surface area is 210 Å². The van der Waals surface area contributed by atoms with Gasteiger partial charge in [-0.05, 0) is 68.1 Å². The van der Waals surface area contributed by atoms with Crippen molar-refractivity contribution in [1.29, 1.82) is 0 Å². The van der Waals surface area contributed by atoms with E-state index < -0.39 is 0 Å². The van der Waals surface area contributed by atoms with Crippen LogP contribution >= 0.6 is 11.6 Å². The number of nitrogens with zero attached hydrogens (tertiary/aromatic N) is 5. The Morgan fingerprint density at radius 2 is 1.63 bits per heavy atom. The summed E-state index contributed by atoms with van der Waals surface area (Å²) in [6.45, 7) is 5.86. The maximum atomic E-state index is 13.3. The van der Waals surface area contributed by atoms with Gasteiger partial charge in [0.25, 0.3) is 0 Å². The number of unbranched alkanes of at least 4 members (excludes halogenated alkanes) is 2. The molecule has 4 rings (SSSR count). The molecule has 2 aromatic carbocycles. The van der Waals surface area contributed by atoms with Crippen LogP contribution in [0.15, 0.2) is 42.5 Å². The van der Waals surface area contributed by atoms with E-state index in [1.165, 1.54) is 12.1 Å². The molecule has 3 aromatic rings. The summed E-state index contributed by atoms with van der Waals surface area (Å²) >= 11 is 6.29. The quantitative estimate of drug-likeness (QED) is 0.348. The maximum absolute atomic E-state index is 13.3. The fourth-order valence-electron chi connectivity index (χ4n) is 3.93. The van der Waals surface area contributed by atoms with Gasteiger partial charge in [-0.1, -0.05) is 17.7 Å². The average molecular weight is 500 g/mol. The number of hydrogen-bond acceptors (Lipinski definition) is 8. The van der Waals surface area contributed by atoms with Gasteiger partial charge in [-0.2, -0.15) is 15.0 Å². The normalized spacial score (nSPS) is 13.7. The Hall–Kier alpha value is -3.17. The van der Waals surface area contributed by atoms with Crippen LogP contribution in [0.1, 0.15) is 24.8 Å². The van der Waals surface area contributed by atoms with Crippen molar-refractivity contribution in [3.8, 4) is 0 Å². The van der Waals surface area contributed by atoms with Gasteiger partial charge < -0.3 is 25.5 Å². The lowest BCUT2D eigenvalue weighted by molar-refractivity contribution is 0.283. The third kappa shape index (κ3) is 6.70. The molecule has 0 bridgehead atoms. The molecule has 0 saturated carbocycles. The van der Waals surface area contributed by atoms with Crippen molar-refractivity contribution in [2.24, 2.45) is 0 Å². The molecule has 0 spiro atoms. The molecule has 1 fully saturated rings. The molecule has 3 N–H and O–H groups in total. The Morgan fingerprint density at radius 1 is 0.914 bits per heavy atom. The van der Waals surface area contributed by atoms with E-state index in [4.69, 9.17) is 21.7 Å². The van der Waals surface area contributed by atoms with Crippen LogP contribution in [0.2, 0.25) is 5.02 Å². The topological polar surface area (TPSA) is 89.4 Å². The first-order valence-corrected chi connectivity index (χ1v) is 12.3. The van der Waals surface area contributed by atoms with Crippen molar-refractivity contribution < 1.29 is 9.50 Å². The van der Waals surface area contributed by atoms with Crippen LogP contribution < -0.4 is 20.4 Å². The van der Waals surface area contributed by atoms with Crippen molar-refractivity contribution in [3.05, 3.63) is 58.9 Å². The number of aliphatic hydroxyl groups is 1. The minimum Gasteiger partial charge on any atom is -0.396 e. The van der Waals surface area contributed by atoms with E-state index in [1.807, 2.05) is 37.3 Å². The molecule has 1 saturated heterocycles. The first-order valence-electron chi connectivity index (χ1n) is 11.9. The van der Waals surface area contributed by atoms with E-state index in [1.54, 1.807) is 0 Å². The zero-order valence-corrected chi connectivity index (χ0v) is 20.6. The second kappa shape index (κ2) is 12.0. The Morgan fingerprint density at radius 3 is 2.37 bits per heavy atom. The molecule has 0 amide bonds. The van der Waals surface area contributed by atoms with Gasteiger partial charge in [0.1, 0.15) is 5.82 Å². The highest BCUT2D eigenvalue weighted by molar-refractivity contribution is 6.31. The lowest BCUT2D eigenvalue weighted by Crippen LogP contribution is -2.47. The summed E-state index contributed by atoms with van der Waals surface area (Å²) in [7, 11) is 0. The second-order valence-electron chi connectivity index (χ2n) is 8.48. The van der Waals surface area contributed by atoms with Crippen LogP contribution in [-0.2, 0) is 0 Å². The highest BCUT2D eigenvalue weighted by atomic mass is 35.5. The summed E-state index contributed by atoms with van der Waals surface area (Å²) in [6, 6.07) is 12.3. The molecule has 35 heavy (non-hydrogen) atoms. The number of benzene rings is 2. The zero-order chi connectivity index (χ0) is 24.6. The molecular weight excluding hydrogens is 469 g/mol. The van der Waals surface area contributed by atoms with Gasteiger partial charge in [-0.25, -0.2) is 4.39 Å². The summed E-state index contributed by atoms with van der Waals surface area (Å²) in [5.41, 5.74) is 2.76. The lowest BCUT2D eigenvalue weighted by Gasteiger charge is -2.36. The van der Waals surface area contributed by atoms with Gasteiger partial charge >= 0.3 is 0 Å². The highest BCUT2D eigenvalue weighted by Crippen LogP contribution is 2.26. The minimum absolute atomic E-state index is 0.201. The molecule has 1 aromatic heterocycles. The SMILES string of the molecule is Cc1c(Cl)cccc1Nc1nc(NCCCCCO)nc(N2CCN(c3ccc(F)cc3)CC2)n1. The zero-order valence-electron chi connectivity index (χ0n) is 19.8. The fourth-order valence-corrected chi connectivity index (χ4v) is 4.11. The van der Waals surface area contributed by atoms with Gasteiger partial charge in [-0.15, -0.1) is 0 Å². The van der Waals surface area contributed by atoms with Gasteiger partial charge in [0.15, 0.2) is 0 Å². The third-order valence-corrected chi connectivity index (χ3v) is 6.42. The van der Waals surface area contributed by atoms with Crippen LogP contribution in [0.25, 0.3) is 0 Å². The fraction of sp³-hybridized carbons (Fsp3) is 0.400. The molecule has 0 unspecified atom stereocenters. The Bertz CT molecular complexity index is 1110. The largest absolute Gasteiger partial charge is 0.396 e. The van der Waals surface area contributed by atoms with E-state index >= 15 is 0 Å². The molecule has 186 valence electrons. The lowest BCUT2D eigenvalue weighted by atomic mass is 10.2. The molecule has 2 heterocycles. The monoisotopic (exact) mass is 499 g/mol. The number of aliphatic hydroxyl groups excluding tert-OH is 1. The number of nitrogens with one attached hydrogen (secondary N) is 2. The van der Waals surface area contributed by atoms with Gasteiger partial charge in [0, 0.05) is 55.7 Å². The highest BCUT2D eigenvalue weighted by Gasteiger charge is 2.21. The van der Waals surface area contributed by atoms with Crippen LogP contribution in [0.4, 0.5) is 33.6 Å². The van der Waals surface area contributed by atoms with Crippen molar-refractivity contribution in [1.82, 2.24) is 15.0 Å². The number of piperazine rings is 1. The molecule has 8 nitrogen and oxygen atoms in total. The first-order chi connectivity index (χ1) is 17.0. The van der Waals surface area contributed by atoms with Crippen LogP contribution in [0, 0.1) is 12.7 Å². The number of aromatic nitrogens is 3. The number of rotatable bonds is 10. The molecule has 1 aliphatic heterocycles. The predicted octanol–water partition coefficient (Wildman–Crippen LogP) is 4.62. The first kappa shape index (κ1) is 24.9. The van der Waals surface area contributed by atoms with E-state index in [2.05, 4.69) is 30.4 Å². The van der Waals surface area contributed by atoms with E-state index in [-0.39, 0.29) is 12.4 Å². The predicted molar refractivity (Wildman–Crippen MR) is 140 cm³/mol. The molecule has 0 radical (unpaired) electrons. The molecule has 0 aliphatic carbocycles. The summed E-state index contributed by atoms with van der Waals surface area (Å²) in [5, 5.41) is 16.2. The van der Waals surface area contributed by atoms with E-state index in [9.17, 15) is 4.39 Å². The minimum atomic E-state index is -0.232. The summed E-state index contributed by atoms with van der Waals surface area (Å²) in [6.07, 6.45) is 2.62. The smallest absolute Gasteiger partial charge is 0.233 e. The second-order valence-corrected chi connectivity index (χ2v) is 8.89. The van der Waals surface area contributed by atoms with E-state index in [0.29, 0.717) is 29.4 Å². The number of halogens is 2. The Kier molecular flexibility index (Phi) is 8.54. The van der Waals surface area contributed by atoms with Crippen molar-refractivity contribution in [3.63, 3.8) is 0 Å². The van der Waals surface area contributed by atoms with Crippen molar-refractivity contribution in [2.45, 2.75) is 26.2 Å². The van der Waals surface area contributed by atoms with Crippen LogP contribution in [0.5, 0.6) is 0 Å². The van der Waals surface area contributed by atoms with E-state index in [0.717, 1.165) is 62.4 Å². The van der Waals surface area contributed by atoms with Gasteiger partial charge in [0.05, 0.1) is 0 Å². The molecular formula is C25H31ClFN7O. The Balaban J connectivity index is 1.49. The van der Waals surface area contributed by atoms with Gasteiger partial charge in [-0.3, -0.25) is 0 Å². The molecule has 0 atom stereocenters. The number of anilines is 5. The van der Waals surface area contributed by atoms with Crippen LogP contribution in [-0.4, -0.2) is 59.4 Å². The average Bonchev–Trinajstić information content (AvgIpc) is 2.87. The third-order valence-electron chi connectivity index (χ3n) is 6.01. The molecule has 1 aliphatic rings. The summed E-state index contributed by atoms with van der Waals surface area (Å²) in [5.74, 6) is 1.31. The van der Waals surface area contributed by atoms with Crippen LogP contribution in [0.3, 0.4) is 0 Å². The summed E-state index contributed by atoms with van der Waals surface area (Å²) < 4.78 is 13.3. The summed E-state index contributed by atoms with van der Waals surface area (Å²) in [4.78, 5) is 18.3. The van der Waals surface area contributed by atoms with Crippen molar-refractivity contribution >= 4 is 40.8 Å². The maximum Gasteiger partial charge on any atom is 0.233 e. The molecule has 10 heteroatoms. The standard InChI is InChI=1S/C25H31ClFN7O/c1-18-21(26)6-5-7-22(18)29-24-30-23(28-12-3-2-4-17-35)31-25(32-24)34-15-13-33(14-16-34)20-10-8-19(27)9-11-20/h5-11,35H,2-4,12-17H2,1H3,(H2,28,29,30,31,32). The number of hydrogen-bond donors (Lipinski definition) is 3.